The molecule has 0 radical (unpaired) electrons. The lowest BCUT2D eigenvalue weighted by molar-refractivity contribution is -0.335. The van der Waals surface area contributed by atoms with E-state index < -0.39 is 78.4 Å². The van der Waals surface area contributed by atoms with Crippen molar-refractivity contribution in [3.63, 3.8) is 0 Å². The zero-order valence-electron chi connectivity index (χ0n) is 66.4. The molecule has 556 valence electrons. The lowest BCUT2D eigenvalue weighted by Gasteiger charge is -2.32. The van der Waals surface area contributed by atoms with Gasteiger partial charge in [-0.2, -0.15) is 52.7 Å². The third kappa shape index (κ3) is 56.0. The molecule has 3 fully saturated rings. The first-order valence-corrected chi connectivity index (χ1v) is 33.9. The Balaban J connectivity index is -0.000000143. The maximum atomic E-state index is 12.3. The number of rotatable bonds is 11. The highest BCUT2D eigenvalue weighted by Crippen LogP contribution is 2.52. The van der Waals surface area contributed by atoms with Crippen LogP contribution in [0.2, 0.25) is 0 Å². The molecule has 0 amide bonds. The Morgan fingerprint density at radius 3 is 0.867 bits per heavy atom. The van der Waals surface area contributed by atoms with Gasteiger partial charge in [0.1, 0.15) is 0 Å². The van der Waals surface area contributed by atoms with Gasteiger partial charge in [-0.05, 0) is 121 Å². The average Bonchev–Trinajstić information content (AvgIpc) is 1.65. The third-order valence-electron chi connectivity index (χ3n) is 18.0. The Morgan fingerprint density at radius 2 is 0.800 bits per heavy atom. The normalized spacial score (nSPS) is 24.2. The van der Waals surface area contributed by atoms with Crippen LogP contribution in [0.3, 0.4) is 0 Å². The van der Waals surface area contributed by atoms with Crippen molar-refractivity contribution < 1.29 is 78.7 Å². The minimum absolute atomic E-state index is 0.0509. The molecule has 3 saturated carbocycles. The second kappa shape index (κ2) is 49.3. The zero-order chi connectivity index (χ0) is 76.9. The van der Waals surface area contributed by atoms with Crippen molar-refractivity contribution in [3.8, 4) is 0 Å². The molecule has 0 aromatic heterocycles. The lowest BCUT2D eigenvalue weighted by atomic mass is 9.86. The molecular formula is C73H145F17. The highest BCUT2D eigenvalue weighted by atomic mass is 19.4. The summed E-state index contributed by atoms with van der Waals surface area (Å²) in [5, 5.41) is 0. The summed E-state index contributed by atoms with van der Waals surface area (Å²) in [4.78, 5) is 0. The monoisotopic (exact) mass is 1350 g/mol. The molecule has 0 heterocycles. The standard InChI is InChI=1S/C8H13F3.2C8H16.C7H16.C6H8F6.C6H11F3.2C6H12F2.C6H13F.2C6H14/c1-5-3-6(2)7(4-5)8(9,10)11;2*1-6-4-5-7(2)8(6)3;1-5-6-7(2,3)4;1-3-4(2,5(7,8)9)6(10,11)12;1-4-5(2,3)6(7,8)9;1-4-6(7,8)5(2)3;1-3-4-5(2)6(7)8;1-3-4-6(2)5-7;2*1-5-6(2,3)4/h5-7H,3-4H2,1-2H3;2*6-8H,4-5H2,1-3H3;5-6H2,1-4H3;3H2,1-2H3;4H2,1-3H3;5H,4H2,1-3H3;5-6H,3-4H2,1-2H3;6H,3-5H2,1-2H3;2*5H2,1-4H3/t5-,6?,7?;;;;;;;;;;/m0........../s1/i;8D;;;;;;;;5D2;. The summed E-state index contributed by atoms with van der Waals surface area (Å²) in [7, 11) is 0. The highest BCUT2D eigenvalue weighted by Gasteiger charge is 2.66. The third-order valence-corrected chi connectivity index (χ3v) is 18.0. The molecule has 3 rings (SSSR count). The van der Waals surface area contributed by atoms with Crippen LogP contribution in [0.5, 0.6) is 0 Å². The van der Waals surface area contributed by atoms with Crippen molar-refractivity contribution in [2.24, 2.45) is 98.1 Å². The summed E-state index contributed by atoms with van der Waals surface area (Å²) >= 11 is 0. The largest absolute Gasteiger partial charge is 0.402 e. The van der Waals surface area contributed by atoms with E-state index in [2.05, 4.69) is 104 Å². The topological polar surface area (TPSA) is 0 Å². The summed E-state index contributed by atoms with van der Waals surface area (Å²) in [6.45, 7) is 59.3. The van der Waals surface area contributed by atoms with Crippen molar-refractivity contribution in [2.75, 3.05) is 6.67 Å². The van der Waals surface area contributed by atoms with Gasteiger partial charge in [-0.15, -0.1) is 0 Å². The predicted octanol–water partition coefficient (Wildman–Crippen LogP) is 30.6. The fraction of sp³-hybridized carbons (Fsp3) is 1.00. The van der Waals surface area contributed by atoms with Crippen LogP contribution in [0, 0.1) is 98.1 Å². The SMILES string of the molecule is CC1CCC(C)C1C.CC1C[C@H](C)CC1C(F)(F)F.CCC(C)(C(F)(F)F)C(F)(F)F.CCC(C)(C)C.CCC(C)(C)C(F)(F)F.CCC(F)(F)C(C)C.CCCC(C)(C)C.CCCC(C)C(F)F.CCCC(C)CF.[2H]C([2H])(C)C(C)(C)C.[2H]C1(C)C(C)CCC1C. The Kier molecular flexibility index (Phi) is 53.4. The van der Waals surface area contributed by atoms with Gasteiger partial charge in [0.15, 0.2) is 5.41 Å². The van der Waals surface area contributed by atoms with E-state index in [1.54, 1.807) is 20.8 Å². The minimum Gasteiger partial charge on any atom is -0.251 e. The van der Waals surface area contributed by atoms with Gasteiger partial charge in [0.25, 0.3) is 0 Å². The quantitative estimate of drug-likeness (QED) is 0.181. The Hall–Kier alpha value is -1.19. The maximum absolute atomic E-state index is 12.3. The van der Waals surface area contributed by atoms with E-state index in [9.17, 15) is 74.6 Å². The van der Waals surface area contributed by atoms with E-state index in [0.29, 0.717) is 35.5 Å². The van der Waals surface area contributed by atoms with Crippen LogP contribution in [0.15, 0.2) is 0 Å². The second-order valence-corrected chi connectivity index (χ2v) is 30.8. The highest BCUT2D eigenvalue weighted by molar-refractivity contribution is 4.88. The van der Waals surface area contributed by atoms with Crippen LogP contribution in [0.1, 0.15) is 335 Å². The number of hydrogen-bond donors (Lipinski definition) is 0. The first-order valence-electron chi connectivity index (χ1n) is 35.4. The molecule has 0 aromatic carbocycles. The molecule has 90 heavy (non-hydrogen) atoms. The maximum Gasteiger partial charge on any atom is 0.402 e. The summed E-state index contributed by atoms with van der Waals surface area (Å²) in [6.07, 6.45) is -8.59. The molecule has 0 saturated heterocycles. The molecule has 9 atom stereocenters. The average molecular weight is 1350 g/mol. The molecule has 3 aliphatic carbocycles. The summed E-state index contributed by atoms with van der Waals surface area (Å²) in [6, 6.07) is 0. The van der Waals surface area contributed by atoms with Crippen LogP contribution >= 0.6 is 0 Å². The summed E-state index contributed by atoms with van der Waals surface area (Å²) in [5.74, 6) is -0.0541. The first-order chi connectivity index (χ1) is 40.9. The fourth-order valence-corrected chi connectivity index (χ4v) is 8.14. The molecule has 8 unspecified atom stereocenters. The lowest BCUT2D eigenvalue weighted by Crippen LogP contribution is -2.47. The first kappa shape index (κ1) is 97.5. The van der Waals surface area contributed by atoms with Crippen LogP contribution in [-0.4, -0.2) is 43.7 Å². The van der Waals surface area contributed by atoms with Gasteiger partial charge < -0.3 is 0 Å². The Morgan fingerprint density at radius 1 is 0.444 bits per heavy atom. The molecule has 0 aliphatic heterocycles. The molecule has 0 nitrogen and oxygen atoms in total. The zero-order valence-corrected chi connectivity index (χ0v) is 63.4. The second-order valence-electron chi connectivity index (χ2n) is 30.8. The van der Waals surface area contributed by atoms with Gasteiger partial charge in [0.2, 0.25) is 12.3 Å². The van der Waals surface area contributed by atoms with Crippen LogP contribution in [0.4, 0.5) is 74.6 Å². The minimum atomic E-state index is -5.24. The van der Waals surface area contributed by atoms with Crippen LogP contribution in [0.25, 0.3) is 0 Å². The van der Waals surface area contributed by atoms with Crippen molar-refractivity contribution in [1.82, 2.24) is 0 Å². The van der Waals surface area contributed by atoms with Gasteiger partial charge in [-0.1, -0.05) is 272 Å². The Bertz CT molecular complexity index is 1670. The van der Waals surface area contributed by atoms with Crippen molar-refractivity contribution >= 4 is 0 Å². The fourth-order valence-electron chi connectivity index (χ4n) is 8.14. The van der Waals surface area contributed by atoms with E-state index in [0.717, 1.165) is 50.4 Å². The molecule has 0 N–H and O–H groups in total. The van der Waals surface area contributed by atoms with E-state index in [1.807, 2.05) is 41.5 Å². The van der Waals surface area contributed by atoms with Crippen molar-refractivity contribution in [1.29, 1.82) is 0 Å². The van der Waals surface area contributed by atoms with Gasteiger partial charge >= 0.3 is 24.7 Å². The molecular weight excluding hydrogens is 1200 g/mol. The van der Waals surface area contributed by atoms with Crippen LogP contribution in [-0.2, 0) is 0 Å². The smallest absolute Gasteiger partial charge is 0.251 e. The summed E-state index contributed by atoms with van der Waals surface area (Å²) < 4.78 is 225. The number of hydrogen-bond acceptors (Lipinski definition) is 0. The van der Waals surface area contributed by atoms with Gasteiger partial charge in [-0.25, -0.2) is 17.6 Å². The number of alkyl halides is 17. The van der Waals surface area contributed by atoms with E-state index in [-0.39, 0.29) is 55.5 Å². The van der Waals surface area contributed by atoms with Crippen LogP contribution < -0.4 is 0 Å². The molecule has 3 aliphatic rings. The van der Waals surface area contributed by atoms with Gasteiger partial charge in [0.05, 0.1) is 18.0 Å². The van der Waals surface area contributed by atoms with Gasteiger partial charge in [0, 0.05) is 22.4 Å². The molecule has 0 aromatic rings. The summed E-state index contributed by atoms with van der Waals surface area (Å²) in [5.41, 5.74) is -4.24. The van der Waals surface area contributed by atoms with Gasteiger partial charge in [-0.3, -0.25) is 4.39 Å². The molecule has 17 heteroatoms. The Labute approximate surface area is 549 Å². The van der Waals surface area contributed by atoms with E-state index in [4.69, 9.17) is 4.11 Å². The molecule has 0 spiro atoms. The molecule has 0 bridgehead atoms. The van der Waals surface area contributed by atoms with Crippen molar-refractivity contribution in [3.05, 3.63) is 0 Å². The number of halogens is 17. The van der Waals surface area contributed by atoms with Crippen molar-refractivity contribution in [2.45, 2.75) is 368 Å². The van der Waals surface area contributed by atoms with E-state index >= 15 is 0 Å². The predicted molar refractivity (Wildman–Crippen MR) is 355 cm³/mol. The van der Waals surface area contributed by atoms with E-state index in [1.165, 1.54) is 86.5 Å².